The number of benzene rings is 1. The Morgan fingerprint density at radius 1 is 1.30 bits per heavy atom. The van der Waals surface area contributed by atoms with Crippen molar-refractivity contribution in [1.29, 1.82) is 0 Å². The zero-order valence-electron chi connectivity index (χ0n) is 13.5. The van der Waals surface area contributed by atoms with Crippen molar-refractivity contribution < 1.29 is 14.3 Å². The van der Waals surface area contributed by atoms with Crippen molar-refractivity contribution in [1.82, 2.24) is 9.88 Å². The molecule has 0 bridgehead atoms. The van der Waals surface area contributed by atoms with Crippen LogP contribution in [0.1, 0.15) is 28.8 Å². The fourth-order valence-corrected chi connectivity index (χ4v) is 2.76. The topological polar surface area (TPSA) is 51.7 Å². The second kappa shape index (κ2) is 9.27. The fourth-order valence-electron chi connectivity index (χ4n) is 2.06. The van der Waals surface area contributed by atoms with Crippen LogP contribution in [0.4, 0.5) is 0 Å². The first kappa shape index (κ1) is 17.4. The molecule has 0 unspecified atom stereocenters. The van der Waals surface area contributed by atoms with Gasteiger partial charge < -0.3 is 14.4 Å². The number of thiazole rings is 1. The third kappa shape index (κ3) is 6.00. The van der Waals surface area contributed by atoms with Crippen LogP contribution in [0.2, 0.25) is 0 Å². The highest BCUT2D eigenvalue weighted by molar-refractivity contribution is 7.11. The van der Waals surface area contributed by atoms with Gasteiger partial charge in [0.1, 0.15) is 5.75 Å². The smallest absolute Gasteiger partial charge is 0.367 e. The molecule has 0 saturated heterocycles. The molecule has 0 aliphatic rings. The van der Waals surface area contributed by atoms with Gasteiger partial charge in [-0.3, -0.25) is 0 Å². The molecular weight excluding hydrogens is 312 g/mol. The maximum absolute atomic E-state index is 11.6. The molecule has 1 aromatic heterocycles. The van der Waals surface area contributed by atoms with Gasteiger partial charge in [-0.05, 0) is 32.5 Å². The Hall–Kier alpha value is -1.92. The summed E-state index contributed by atoms with van der Waals surface area (Å²) < 4.78 is 10.6. The number of aromatic nitrogens is 1. The highest BCUT2D eigenvalue weighted by Crippen LogP contribution is 2.13. The summed E-state index contributed by atoms with van der Waals surface area (Å²) in [7, 11) is 2.03. The summed E-state index contributed by atoms with van der Waals surface area (Å²) in [6.45, 7) is 4.45. The van der Waals surface area contributed by atoms with Crippen LogP contribution in [-0.4, -0.2) is 42.7 Å². The highest BCUT2D eigenvalue weighted by atomic mass is 32.1. The van der Waals surface area contributed by atoms with Gasteiger partial charge in [0.2, 0.25) is 5.01 Å². The van der Waals surface area contributed by atoms with Crippen LogP contribution in [0, 0.1) is 0 Å². The molecule has 23 heavy (non-hydrogen) atoms. The third-order valence-corrected chi connectivity index (χ3v) is 4.00. The van der Waals surface area contributed by atoms with Crippen molar-refractivity contribution in [2.45, 2.75) is 19.9 Å². The summed E-state index contributed by atoms with van der Waals surface area (Å²) in [5, 5.41) is 2.33. The van der Waals surface area contributed by atoms with Crippen molar-refractivity contribution in [2.24, 2.45) is 0 Å². The number of esters is 1. The van der Waals surface area contributed by atoms with E-state index in [-0.39, 0.29) is 5.97 Å². The predicted molar refractivity (Wildman–Crippen MR) is 91.0 cm³/mol. The number of hydrogen-bond acceptors (Lipinski definition) is 6. The minimum Gasteiger partial charge on any atom is -0.494 e. The maximum Gasteiger partial charge on any atom is 0.367 e. The molecular formula is C17H22N2O3S. The minimum atomic E-state index is -0.345. The number of para-hydroxylation sites is 1. The number of nitrogens with zero attached hydrogens (tertiary/aromatic N) is 2. The van der Waals surface area contributed by atoms with Crippen LogP contribution >= 0.6 is 11.3 Å². The van der Waals surface area contributed by atoms with E-state index in [0.29, 0.717) is 24.8 Å². The van der Waals surface area contributed by atoms with Crippen LogP contribution < -0.4 is 4.74 Å². The summed E-state index contributed by atoms with van der Waals surface area (Å²) in [5.74, 6) is 0.552. The molecule has 124 valence electrons. The van der Waals surface area contributed by atoms with Gasteiger partial charge in [-0.15, -0.1) is 11.3 Å². The van der Waals surface area contributed by atoms with Crippen LogP contribution in [0.25, 0.3) is 0 Å². The number of ether oxygens (including phenoxy) is 2. The Morgan fingerprint density at radius 2 is 2.09 bits per heavy atom. The Balaban J connectivity index is 1.68. The summed E-state index contributed by atoms with van der Waals surface area (Å²) in [4.78, 5) is 18.1. The molecule has 0 amide bonds. The zero-order valence-corrected chi connectivity index (χ0v) is 14.3. The molecule has 0 saturated carbocycles. The Labute approximate surface area is 140 Å². The summed E-state index contributed by atoms with van der Waals surface area (Å²) in [6.07, 6.45) is 0.931. The largest absolute Gasteiger partial charge is 0.494 e. The van der Waals surface area contributed by atoms with Crippen LogP contribution in [0.3, 0.4) is 0 Å². The number of carbonyl (C=O) groups excluding carboxylic acids is 1. The van der Waals surface area contributed by atoms with Crippen molar-refractivity contribution in [3.05, 3.63) is 46.4 Å². The molecule has 6 heteroatoms. The van der Waals surface area contributed by atoms with Gasteiger partial charge in [-0.25, -0.2) is 9.78 Å². The van der Waals surface area contributed by atoms with Crippen molar-refractivity contribution in [2.75, 3.05) is 26.8 Å². The summed E-state index contributed by atoms with van der Waals surface area (Å²) in [5.41, 5.74) is 0.893. The van der Waals surface area contributed by atoms with E-state index >= 15 is 0 Å². The molecule has 0 atom stereocenters. The monoisotopic (exact) mass is 334 g/mol. The van der Waals surface area contributed by atoms with Gasteiger partial charge >= 0.3 is 5.97 Å². The average Bonchev–Trinajstić information content (AvgIpc) is 3.01. The van der Waals surface area contributed by atoms with Gasteiger partial charge in [0.05, 0.1) is 18.9 Å². The first-order chi connectivity index (χ1) is 11.2. The normalized spacial score (nSPS) is 10.7. The van der Waals surface area contributed by atoms with Gasteiger partial charge in [-0.1, -0.05) is 18.2 Å². The molecule has 0 fully saturated rings. The van der Waals surface area contributed by atoms with E-state index in [0.717, 1.165) is 24.4 Å². The molecule has 0 N–H and O–H groups in total. The lowest BCUT2D eigenvalue weighted by atomic mass is 10.3. The molecule has 0 aliphatic heterocycles. The van der Waals surface area contributed by atoms with E-state index < -0.39 is 0 Å². The summed E-state index contributed by atoms with van der Waals surface area (Å²) in [6, 6.07) is 9.81. The van der Waals surface area contributed by atoms with E-state index in [9.17, 15) is 4.79 Å². The number of rotatable bonds is 9. The van der Waals surface area contributed by atoms with Crippen molar-refractivity contribution >= 4 is 17.3 Å². The molecule has 0 aliphatic carbocycles. The van der Waals surface area contributed by atoms with E-state index in [1.165, 1.54) is 11.3 Å². The quantitative estimate of drug-likeness (QED) is 0.520. The van der Waals surface area contributed by atoms with Crippen LogP contribution in [-0.2, 0) is 11.3 Å². The maximum atomic E-state index is 11.6. The minimum absolute atomic E-state index is 0.345. The Kier molecular flexibility index (Phi) is 7.03. The standard InChI is InChI=1S/C17H22N2O3S/c1-3-21-17(20)16-18-14(13-23-16)12-19(2)10-7-11-22-15-8-5-4-6-9-15/h4-6,8-9,13H,3,7,10-12H2,1-2H3. The number of carbonyl (C=O) groups is 1. The first-order valence-corrected chi connectivity index (χ1v) is 8.55. The number of hydrogen-bond donors (Lipinski definition) is 0. The first-order valence-electron chi connectivity index (χ1n) is 7.67. The molecule has 5 nitrogen and oxygen atoms in total. The van der Waals surface area contributed by atoms with Crippen LogP contribution in [0.5, 0.6) is 5.75 Å². The van der Waals surface area contributed by atoms with E-state index in [2.05, 4.69) is 9.88 Å². The Bertz CT molecular complexity index is 601. The van der Waals surface area contributed by atoms with Crippen LogP contribution in [0.15, 0.2) is 35.7 Å². The molecule has 2 rings (SSSR count). The lowest BCUT2D eigenvalue weighted by molar-refractivity contribution is 0.0525. The lowest BCUT2D eigenvalue weighted by Crippen LogP contribution is -2.21. The van der Waals surface area contributed by atoms with Gasteiger partial charge in [0.25, 0.3) is 0 Å². The predicted octanol–water partition coefficient (Wildman–Crippen LogP) is 3.22. The molecule has 2 aromatic rings. The van der Waals surface area contributed by atoms with Crippen molar-refractivity contribution in [3.8, 4) is 5.75 Å². The lowest BCUT2D eigenvalue weighted by Gasteiger charge is -2.15. The molecule has 0 radical (unpaired) electrons. The Morgan fingerprint density at radius 3 is 2.83 bits per heavy atom. The second-order valence-electron chi connectivity index (χ2n) is 5.12. The molecule has 1 aromatic carbocycles. The van der Waals surface area contributed by atoms with Gasteiger partial charge in [0.15, 0.2) is 0 Å². The van der Waals surface area contributed by atoms with Crippen molar-refractivity contribution in [3.63, 3.8) is 0 Å². The molecule has 1 heterocycles. The fraction of sp³-hybridized carbons (Fsp3) is 0.412. The van der Waals surface area contributed by atoms with E-state index in [4.69, 9.17) is 9.47 Å². The average molecular weight is 334 g/mol. The third-order valence-electron chi connectivity index (χ3n) is 3.13. The highest BCUT2D eigenvalue weighted by Gasteiger charge is 2.12. The zero-order chi connectivity index (χ0) is 16.5. The van der Waals surface area contributed by atoms with E-state index in [1.807, 2.05) is 42.8 Å². The SMILES string of the molecule is CCOC(=O)c1nc(CN(C)CCCOc2ccccc2)cs1. The summed E-state index contributed by atoms with van der Waals surface area (Å²) >= 11 is 1.33. The second-order valence-corrected chi connectivity index (χ2v) is 5.98. The van der Waals surface area contributed by atoms with Gasteiger partial charge in [0, 0.05) is 18.5 Å². The molecule has 0 spiro atoms. The van der Waals surface area contributed by atoms with E-state index in [1.54, 1.807) is 6.92 Å². The van der Waals surface area contributed by atoms with Gasteiger partial charge in [-0.2, -0.15) is 0 Å².